The summed E-state index contributed by atoms with van der Waals surface area (Å²) in [6, 6.07) is 1.96. The van der Waals surface area contributed by atoms with Gasteiger partial charge < -0.3 is 0 Å². The van der Waals surface area contributed by atoms with Gasteiger partial charge in [0.2, 0.25) is 0 Å². The van der Waals surface area contributed by atoms with E-state index in [0.29, 0.717) is 0 Å². The first kappa shape index (κ1) is 11.8. The number of hydrogen-bond donors (Lipinski definition) is 0. The van der Waals surface area contributed by atoms with E-state index in [1.54, 1.807) is 13.3 Å². The van der Waals surface area contributed by atoms with Gasteiger partial charge in [-0.3, -0.25) is 4.79 Å². The topological polar surface area (TPSA) is 42.9 Å². The zero-order valence-electron chi connectivity index (χ0n) is 9.66. The molecule has 1 atom stereocenters. The third kappa shape index (κ3) is 3.11. The van der Waals surface area contributed by atoms with Crippen molar-refractivity contribution in [2.24, 2.45) is 0 Å². The number of rotatable bonds is 5. The number of nitrogens with zero attached hydrogens (tertiary/aromatic N) is 2. The van der Waals surface area contributed by atoms with E-state index >= 15 is 0 Å². The second kappa shape index (κ2) is 5.59. The highest BCUT2D eigenvalue weighted by atomic mass is 16.1. The van der Waals surface area contributed by atoms with Crippen LogP contribution in [0.3, 0.4) is 0 Å². The van der Waals surface area contributed by atoms with Crippen molar-refractivity contribution >= 4 is 5.78 Å². The summed E-state index contributed by atoms with van der Waals surface area (Å²) >= 11 is 0. The molecule has 0 spiro atoms. The van der Waals surface area contributed by atoms with Gasteiger partial charge in [-0.25, -0.2) is 9.97 Å². The maximum Gasteiger partial charge on any atom is 0.138 e. The Bertz CT molecular complexity index is 336. The molecule has 1 unspecified atom stereocenters. The normalized spacial score (nSPS) is 12.5. The molecule has 0 amide bonds. The zero-order chi connectivity index (χ0) is 11.3. The average Bonchev–Trinajstić information content (AvgIpc) is 2.19. The Morgan fingerprint density at radius 2 is 2.13 bits per heavy atom. The summed E-state index contributed by atoms with van der Waals surface area (Å²) in [5.41, 5.74) is 1.89. The molecule has 1 rings (SSSR count). The molecule has 0 fully saturated rings. The van der Waals surface area contributed by atoms with E-state index in [9.17, 15) is 4.79 Å². The summed E-state index contributed by atoms with van der Waals surface area (Å²) < 4.78 is 0. The highest BCUT2D eigenvalue weighted by Crippen LogP contribution is 2.18. The molecule has 82 valence electrons. The van der Waals surface area contributed by atoms with Crippen molar-refractivity contribution in [1.29, 1.82) is 0 Å². The first-order valence-corrected chi connectivity index (χ1v) is 5.50. The summed E-state index contributed by atoms with van der Waals surface area (Å²) in [5.74, 6) is 0.113. The summed E-state index contributed by atoms with van der Waals surface area (Å²) in [6.45, 7) is 5.74. The van der Waals surface area contributed by atoms with E-state index in [2.05, 4.69) is 16.9 Å². The molecule has 0 radical (unpaired) electrons. The summed E-state index contributed by atoms with van der Waals surface area (Å²) in [5, 5.41) is 0. The molecule has 1 aromatic heterocycles. The SMILES string of the molecule is CCCc1cc(C(CC)C(C)=O)ncn1. The Morgan fingerprint density at radius 1 is 1.40 bits per heavy atom. The minimum Gasteiger partial charge on any atom is -0.299 e. The van der Waals surface area contributed by atoms with Crippen LogP contribution in [0.1, 0.15) is 50.9 Å². The fourth-order valence-corrected chi connectivity index (χ4v) is 1.70. The number of carbonyl (C=O) groups is 1. The van der Waals surface area contributed by atoms with Gasteiger partial charge in [-0.2, -0.15) is 0 Å². The first-order chi connectivity index (χ1) is 7.19. The molecule has 0 bridgehead atoms. The Labute approximate surface area is 91.0 Å². The monoisotopic (exact) mass is 206 g/mol. The lowest BCUT2D eigenvalue weighted by Gasteiger charge is -2.10. The number of ketones is 1. The third-order valence-corrected chi connectivity index (χ3v) is 2.51. The van der Waals surface area contributed by atoms with Gasteiger partial charge in [0.25, 0.3) is 0 Å². The van der Waals surface area contributed by atoms with E-state index in [1.165, 1.54) is 0 Å². The minimum absolute atomic E-state index is 0.0661. The molecule has 1 aromatic rings. The molecule has 0 saturated heterocycles. The van der Waals surface area contributed by atoms with Crippen LogP contribution >= 0.6 is 0 Å². The van der Waals surface area contributed by atoms with Crippen molar-refractivity contribution in [2.75, 3.05) is 0 Å². The van der Waals surface area contributed by atoms with Crippen LogP contribution in [0.2, 0.25) is 0 Å². The van der Waals surface area contributed by atoms with Gasteiger partial charge in [0.05, 0.1) is 11.6 Å². The van der Waals surface area contributed by atoms with Gasteiger partial charge in [0, 0.05) is 5.69 Å². The van der Waals surface area contributed by atoms with Crippen LogP contribution in [0.15, 0.2) is 12.4 Å². The smallest absolute Gasteiger partial charge is 0.138 e. The van der Waals surface area contributed by atoms with E-state index in [4.69, 9.17) is 0 Å². The third-order valence-electron chi connectivity index (χ3n) is 2.51. The van der Waals surface area contributed by atoms with Gasteiger partial charge in [0.1, 0.15) is 12.1 Å². The highest BCUT2D eigenvalue weighted by Gasteiger charge is 2.16. The molecule has 3 nitrogen and oxygen atoms in total. The molecule has 1 heterocycles. The van der Waals surface area contributed by atoms with Crippen LogP contribution in [-0.2, 0) is 11.2 Å². The number of carbonyl (C=O) groups excluding carboxylic acids is 1. The minimum atomic E-state index is -0.0661. The average molecular weight is 206 g/mol. The number of aromatic nitrogens is 2. The number of aryl methyl sites for hydroxylation is 1. The lowest BCUT2D eigenvalue weighted by molar-refractivity contribution is -0.118. The molecular formula is C12H18N2O. The maximum absolute atomic E-state index is 11.4. The summed E-state index contributed by atoms with van der Waals surface area (Å²) in [4.78, 5) is 19.7. The lowest BCUT2D eigenvalue weighted by Crippen LogP contribution is -2.10. The van der Waals surface area contributed by atoms with Crippen molar-refractivity contribution in [3.05, 3.63) is 23.8 Å². The molecule has 3 heteroatoms. The van der Waals surface area contributed by atoms with Crippen LogP contribution in [0, 0.1) is 0 Å². The first-order valence-electron chi connectivity index (χ1n) is 5.50. The van der Waals surface area contributed by atoms with Crippen molar-refractivity contribution in [2.45, 2.75) is 46.0 Å². The summed E-state index contributed by atoms with van der Waals surface area (Å²) in [6.07, 6.45) is 4.38. The number of hydrogen-bond acceptors (Lipinski definition) is 3. The van der Waals surface area contributed by atoms with Gasteiger partial charge in [-0.05, 0) is 25.8 Å². The summed E-state index contributed by atoms with van der Waals surface area (Å²) in [7, 11) is 0. The quantitative estimate of drug-likeness (QED) is 0.743. The Hall–Kier alpha value is -1.25. The van der Waals surface area contributed by atoms with Gasteiger partial charge in [-0.15, -0.1) is 0 Å². The van der Waals surface area contributed by atoms with Gasteiger partial charge in [-0.1, -0.05) is 20.3 Å². The fraction of sp³-hybridized carbons (Fsp3) is 0.583. The molecule has 0 N–H and O–H groups in total. The van der Waals surface area contributed by atoms with E-state index in [-0.39, 0.29) is 11.7 Å². The standard InChI is InChI=1S/C12H18N2O/c1-4-6-10-7-12(14-8-13-10)11(5-2)9(3)15/h7-8,11H,4-6H2,1-3H3. The van der Waals surface area contributed by atoms with E-state index in [0.717, 1.165) is 30.7 Å². The lowest BCUT2D eigenvalue weighted by atomic mass is 9.97. The Balaban J connectivity index is 2.92. The maximum atomic E-state index is 11.4. The second-order valence-electron chi connectivity index (χ2n) is 3.76. The van der Waals surface area contributed by atoms with Crippen molar-refractivity contribution in [1.82, 2.24) is 9.97 Å². The molecule has 0 saturated carbocycles. The largest absolute Gasteiger partial charge is 0.299 e. The van der Waals surface area contributed by atoms with Crippen LogP contribution in [0.4, 0.5) is 0 Å². The zero-order valence-corrected chi connectivity index (χ0v) is 9.66. The Morgan fingerprint density at radius 3 is 2.67 bits per heavy atom. The van der Waals surface area contributed by atoms with E-state index < -0.39 is 0 Å². The molecule has 15 heavy (non-hydrogen) atoms. The van der Waals surface area contributed by atoms with Gasteiger partial charge in [0.15, 0.2) is 0 Å². The van der Waals surface area contributed by atoms with Gasteiger partial charge >= 0.3 is 0 Å². The van der Waals surface area contributed by atoms with E-state index in [1.807, 2.05) is 13.0 Å². The van der Waals surface area contributed by atoms with Crippen molar-refractivity contribution in [3.8, 4) is 0 Å². The Kier molecular flexibility index (Phi) is 4.40. The second-order valence-corrected chi connectivity index (χ2v) is 3.76. The predicted molar refractivity (Wildman–Crippen MR) is 59.7 cm³/mol. The van der Waals surface area contributed by atoms with Crippen LogP contribution in [-0.4, -0.2) is 15.8 Å². The van der Waals surface area contributed by atoms with Crippen LogP contribution in [0.25, 0.3) is 0 Å². The predicted octanol–water partition coefficient (Wildman–Crippen LogP) is 2.51. The van der Waals surface area contributed by atoms with Crippen molar-refractivity contribution in [3.63, 3.8) is 0 Å². The molecule has 0 aromatic carbocycles. The molecular weight excluding hydrogens is 188 g/mol. The molecule has 0 aliphatic rings. The fourth-order valence-electron chi connectivity index (χ4n) is 1.70. The van der Waals surface area contributed by atoms with Crippen molar-refractivity contribution < 1.29 is 4.79 Å². The highest BCUT2D eigenvalue weighted by molar-refractivity contribution is 5.82. The van der Waals surface area contributed by atoms with Crippen LogP contribution in [0.5, 0.6) is 0 Å². The molecule has 0 aliphatic carbocycles. The molecule has 0 aliphatic heterocycles. The van der Waals surface area contributed by atoms with Crippen LogP contribution < -0.4 is 0 Å². The number of Topliss-reactive ketones (excluding diaryl/α,β-unsaturated/α-hetero) is 1.